The largest absolute Gasteiger partial charge is 0.319 e. The molecule has 0 amide bonds. The van der Waals surface area contributed by atoms with Crippen molar-refractivity contribution in [3.05, 3.63) is 23.8 Å². The molecule has 1 saturated carbocycles. The second kappa shape index (κ2) is 2.76. The van der Waals surface area contributed by atoms with Gasteiger partial charge in [0, 0.05) is 12.4 Å². The van der Waals surface area contributed by atoms with Gasteiger partial charge in [-0.15, -0.1) is 10.2 Å². The van der Waals surface area contributed by atoms with Crippen LogP contribution in [0.2, 0.25) is 0 Å². The van der Waals surface area contributed by atoms with E-state index in [2.05, 4.69) is 22.1 Å². The Labute approximate surface area is 87.3 Å². The summed E-state index contributed by atoms with van der Waals surface area (Å²) in [6.45, 7) is 2.10. The fraction of sp³-hybridized carbons (Fsp3) is 0.500. The van der Waals surface area contributed by atoms with Crippen molar-refractivity contribution in [3.63, 3.8) is 0 Å². The summed E-state index contributed by atoms with van der Waals surface area (Å²) in [5.41, 5.74) is 7.04. The first kappa shape index (κ1) is 8.79. The Morgan fingerprint density at radius 2 is 2.27 bits per heavy atom. The predicted molar refractivity (Wildman–Crippen MR) is 55.3 cm³/mol. The molecule has 2 N–H and O–H groups in total. The molecule has 1 aliphatic rings. The Balaban J connectivity index is 2.22. The van der Waals surface area contributed by atoms with Crippen LogP contribution in [0.15, 0.2) is 12.4 Å². The topological polar surface area (TPSA) is 69.1 Å². The molecule has 5 heteroatoms. The minimum absolute atomic E-state index is 0.256. The lowest BCUT2D eigenvalue weighted by atomic mass is 10.2. The molecule has 0 atom stereocenters. The van der Waals surface area contributed by atoms with Gasteiger partial charge in [-0.25, -0.2) is 4.98 Å². The van der Waals surface area contributed by atoms with Crippen LogP contribution in [-0.4, -0.2) is 19.6 Å². The Morgan fingerprint density at radius 3 is 2.93 bits per heavy atom. The minimum Gasteiger partial charge on any atom is -0.319 e. The summed E-state index contributed by atoms with van der Waals surface area (Å²) in [6.07, 6.45) is 6.81. The summed E-state index contributed by atoms with van der Waals surface area (Å²) >= 11 is 0. The van der Waals surface area contributed by atoms with Gasteiger partial charge in [-0.2, -0.15) is 0 Å². The Bertz CT molecular complexity index is 512. The molecule has 0 spiro atoms. The van der Waals surface area contributed by atoms with Crippen molar-refractivity contribution in [3.8, 4) is 0 Å². The van der Waals surface area contributed by atoms with Gasteiger partial charge >= 0.3 is 0 Å². The van der Waals surface area contributed by atoms with E-state index in [0.717, 1.165) is 25.1 Å². The first-order valence-corrected chi connectivity index (χ1v) is 5.22. The second-order valence-corrected chi connectivity index (χ2v) is 4.17. The zero-order chi connectivity index (χ0) is 10.5. The van der Waals surface area contributed by atoms with Crippen molar-refractivity contribution in [2.24, 2.45) is 5.73 Å². The summed E-state index contributed by atoms with van der Waals surface area (Å²) in [4.78, 5) is 4.25. The number of hydrogen-bond donors (Lipinski definition) is 1. The van der Waals surface area contributed by atoms with Gasteiger partial charge in [-0.05, 0) is 24.8 Å². The SMILES string of the molecule is CCc1cnc2nnc(C3(N)CC3)n2c1. The average Bonchev–Trinajstić information content (AvgIpc) is 2.86. The Kier molecular flexibility index (Phi) is 1.62. The van der Waals surface area contributed by atoms with Crippen LogP contribution in [0.25, 0.3) is 5.78 Å². The first-order valence-electron chi connectivity index (χ1n) is 5.22. The number of fused-ring (bicyclic) bond motifs is 1. The van der Waals surface area contributed by atoms with Crippen LogP contribution in [0.4, 0.5) is 0 Å². The fourth-order valence-electron chi connectivity index (χ4n) is 1.71. The number of nitrogens with zero attached hydrogens (tertiary/aromatic N) is 4. The zero-order valence-corrected chi connectivity index (χ0v) is 8.64. The molecule has 0 radical (unpaired) electrons. The van der Waals surface area contributed by atoms with Gasteiger partial charge < -0.3 is 5.73 Å². The molecule has 0 aliphatic heterocycles. The van der Waals surface area contributed by atoms with Crippen LogP contribution < -0.4 is 5.73 Å². The van der Waals surface area contributed by atoms with E-state index in [-0.39, 0.29) is 5.54 Å². The van der Waals surface area contributed by atoms with Gasteiger partial charge in [0.05, 0.1) is 5.54 Å². The van der Waals surface area contributed by atoms with Crippen LogP contribution in [0.5, 0.6) is 0 Å². The van der Waals surface area contributed by atoms with E-state index in [1.165, 1.54) is 5.56 Å². The molecular formula is C10H13N5. The third-order valence-electron chi connectivity index (χ3n) is 2.96. The third-order valence-corrected chi connectivity index (χ3v) is 2.96. The monoisotopic (exact) mass is 203 g/mol. The molecule has 3 rings (SSSR count). The number of aromatic nitrogens is 4. The fourth-order valence-corrected chi connectivity index (χ4v) is 1.71. The molecular weight excluding hydrogens is 190 g/mol. The van der Waals surface area contributed by atoms with Gasteiger partial charge in [0.25, 0.3) is 5.78 Å². The van der Waals surface area contributed by atoms with Gasteiger partial charge in [0.2, 0.25) is 0 Å². The highest BCUT2D eigenvalue weighted by Crippen LogP contribution is 2.41. The van der Waals surface area contributed by atoms with Crippen LogP contribution in [-0.2, 0) is 12.0 Å². The number of rotatable bonds is 2. The lowest BCUT2D eigenvalue weighted by Crippen LogP contribution is -2.22. The van der Waals surface area contributed by atoms with Crippen molar-refractivity contribution >= 4 is 5.78 Å². The maximum absolute atomic E-state index is 6.12. The second-order valence-electron chi connectivity index (χ2n) is 4.17. The Hall–Kier alpha value is -1.49. The number of aryl methyl sites for hydroxylation is 1. The molecule has 15 heavy (non-hydrogen) atoms. The molecule has 5 nitrogen and oxygen atoms in total. The standard InChI is InChI=1S/C10H13N5/c1-2-7-5-12-9-14-13-8(15(9)6-7)10(11)3-4-10/h5-6H,2-4,11H2,1H3. The van der Waals surface area contributed by atoms with E-state index in [1.54, 1.807) is 0 Å². The molecule has 0 saturated heterocycles. The van der Waals surface area contributed by atoms with E-state index in [9.17, 15) is 0 Å². The molecule has 0 bridgehead atoms. The van der Waals surface area contributed by atoms with Crippen LogP contribution in [0.3, 0.4) is 0 Å². The highest BCUT2D eigenvalue weighted by atomic mass is 15.3. The Morgan fingerprint density at radius 1 is 1.47 bits per heavy atom. The quantitative estimate of drug-likeness (QED) is 0.777. The van der Waals surface area contributed by atoms with Crippen molar-refractivity contribution in [2.75, 3.05) is 0 Å². The maximum atomic E-state index is 6.12. The van der Waals surface area contributed by atoms with Crippen LogP contribution in [0, 0.1) is 0 Å². The van der Waals surface area contributed by atoms with Crippen molar-refractivity contribution in [1.29, 1.82) is 0 Å². The summed E-state index contributed by atoms with van der Waals surface area (Å²) < 4.78 is 1.92. The van der Waals surface area contributed by atoms with Crippen LogP contribution >= 0.6 is 0 Å². The number of hydrogen-bond acceptors (Lipinski definition) is 4. The molecule has 1 aliphatic carbocycles. The molecule has 0 unspecified atom stereocenters. The molecule has 2 aromatic rings. The van der Waals surface area contributed by atoms with E-state index >= 15 is 0 Å². The number of nitrogens with two attached hydrogens (primary N) is 1. The van der Waals surface area contributed by atoms with E-state index < -0.39 is 0 Å². The predicted octanol–water partition coefficient (Wildman–Crippen LogP) is 0.634. The molecule has 2 heterocycles. The van der Waals surface area contributed by atoms with Crippen molar-refractivity contribution in [2.45, 2.75) is 31.7 Å². The smallest absolute Gasteiger partial charge is 0.255 e. The third kappa shape index (κ3) is 1.23. The minimum atomic E-state index is -0.256. The molecule has 78 valence electrons. The van der Waals surface area contributed by atoms with Gasteiger partial charge in [0.15, 0.2) is 5.82 Å². The highest BCUT2D eigenvalue weighted by Gasteiger charge is 2.44. The highest BCUT2D eigenvalue weighted by molar-refractivity contribution is 5.32. The first-order chi connectivity index (χ1) is 7.23. The van der Waals surface area contributed by atoms with Gasteiger partial charge in [-0.1, -0.05) is 6.92 Å². The van der Waals surface area contributed by atoms with Crippen molar-refractivity contribution in [1.82, 2.24) is 19.6 Å². The molecule has 0 aromatic carbocycles. The van der Waals surface area contributed by atoms with Gasteiger partial charge in [0.1, 0.15) is 0 Å². The zero-order valence-electron chi connectivity index (χ0n) is 8.64. The summed E-state index contributed by atoms with van der Waals surface area (Å²) in [7, 11) is 0. The van der Waals surface area contributed by atoms with Crippen molar-refractivity contribution < 1.29 is 0 Å². The lowest BCUT2D eigenvalue weighted by molar-refractivity contribution is 0.660. The van der Waals surface area contributed by atoms with Gasteiger partial charge in [-0.3, -0.25) is 4.40 Å². The van der Waals surface area contributed by atoms with E-state index in [4.69, 9.17) is 5.73 Å². The normalized spacial score (nSPS) is 18.3. The van der Waals surface area contributed by atoms with Crippen LogP contribution in [0.1, 0.15) is 31.2 Å². The summed E-state index contributed by atoms with van der Waals surface area (Å²) in [5.74, 6) is 1.49. The average molecular weight is 203 g/mol. The summed E-state index contributed by atoms with van der Waals surface area (Å²) in [5, 5.41) is 8.15. The molecule has 1 fully saturated rings. The lowest BCUT2D eigenvalue weighted by Gasteiger charge is -2.06. The molecule has 2 aromatic heterocycles. The summed E-state index contributed by atoms with van der Waals surface area (Å²) in [6, 6.07) is 0. The van der Waals surface area contributed by atoms with E-state index in [0.29, 0.717) is 5.78 Å². The van der Waals surface area contributed by atoms with E-state index in [1.807, 2.05) is 16.8 Å². The maximum Gasteiger partial charge on any atom is 0.255 e.